The first-order valence-corrected chi connectivity index (χ1v) is 33.3. The van der Waals surface area contributed by atoms with Gasteiger partial charge >= 0.3 is 17.9 Å². The van der Waals surface area contributed by atoms with Crippen LogP contribution in [0.15, 0.2) is 0 Å². The van der Waals surface area contributed by atoms with Crippen molar-refractivity contribution in [3.63, 3.8) is 0 Å². The van der Waals surface area contributed by atoms with Crippen molar-refractivity contribution in [3.05, 3.63) is 0 Å². The van der Waals surface area contributed by atoms with Gasteiger partial charge in [0, 0.05) is 19.3 Å². The Morgan fingerprint density at radius 2 is 0.724 bits per heavy atom. The molecule has 0 heterocycles. The molecule has 4 saturated carbocycles. The Morgan fingerprint density at radius 1 is 0.421 bits per heavy atom. The van der Waals surface area contributed by atoms with Crippen LogP contribution in [0, 0.1) is 81.3 Å². The number of rotatable bonds is 46. The second kappa shape index (κ2) is 36.7. The van der Waals surface area contributed by atoms with E-state index in [9.17, 15) is 14.4 Å². The Labute approximate surface area is 472 Å². The lowest BCUT2D eigenvalue weighted by Gasteiger charge is -2.67. The maximum Gasteiger partial charge on any atom is 0.306 e. The van der Waals surface area contributed by atoms with E-state index in [4.69, 9.17) is 14.2 Å². The molecule has 6 atom stereocenters. The zero-order chi connectivity index (χ0) is 56.2. The van der Waals surface area contributed by atoms with E-state index in [-0.39, 0.29) is 34.2 Å². The van der Waals surface area contributed by atoms with Crippen molar-refractivity contribution in [1.29, 1.82) is 0 Å². The summed E-state index contributed by atoms with van der Waals surface area (Å²) in [6, 6.07) is 0. The molecule has 0 aromatic heterocycles. The molecule has 4 aliphatic rings. The van der Waals surface area contributed by atoms with Gasteiger partial charge in [-0.2, -0.15) is 0 Å². The molecule has 4 fully saturated rings. The maximum absolute atomic E-state index is 13.7. The third-order valence-corrected chi connectivity index (χ3v) is 19.3. The molecule has 4 bridgehead atoms. The van der Waals surface area contributed by atoms with Crippen LogP contribution in [0.1, 0.15) is 302 Å². The first-order chi connectivity index (χ1) is 36.1. The molecule has 0 N–H and O–H groups in total. The first-order valence-electron chi connectivity index (χ1n) is 33.3. The van der Waals surface area contributed by atoms with Crippen molar-refractivity contribution in [1.82, 2.24) is 4.90 Å². The lowest BCUT2D eigenvalue weighted by atomic mass is 9.37. The summed E-state index contributed by atoms with van der Waals surface area (Å²) in [7, 11) is 0. The molecule has 0 aromatic rings. The summed E-state index contributed by atoms with van der Waals surface area (Å²) < 4.78 is 18.3. The minimum Gasteiger partial charge on any atom is -0.466 e. The fraction of sp³-hybridized carbons (Fsp3) is 0.957. The summed E-state index contributed by atoms with van der Waals surface area (Å²) >= 11 is 0. The summed E-state index contributed by atoms with van der Waals surface area (Å²) in [5, 5.41) is 0. The molecule has 4 rings (SSSR count). The van der Waals surface area contributed by atoms with Crippen LogP contribution >= 0.6 is 0 Å². The second-order valence-corrected chi connectivity index (χ2v) is 29.4. The monoisotopic (exact) mass is 1070 g/mol. The Balaban J connectivity index is 1.66. The van der Waals surface area contributed by atoms with Gasteiger partial charge in [-0.3, -0.25) is 14.4 Å². The van der Waals surface area contributed by atoms with E-state index in [2.05, 4.69) is 102 Å². The molecule has 0 aromatic carbocycles. The lowest BCUT2D eigenvalue weighted by molar-refractivity contribution is -0.173. The highest BCUT2D eigenvalue weighted by Gasteiger charge is 2.62. The summed E-state index contributed by atoms with van der Waals surface area (Å²) in [5.74, 6) is 7.00. The maximum atomic E-state index is 13.7. The zero-order valence-electron chi connectivity index (χ0n) is 53.1. The fourth-order valence-electron chi connectivity index (χ4n) is 16.2. The van der Waals surface area contributed by atoms with Crippen molar-refractivity contribution in [2.75, 3.05) is 39.5 Å². The normalized spacial score (nSPS) is 23.6. The van der Waals surface area contributed by atoms with Gasteiger partial charge in [-0.25, -0.2) is 0 Å². The average molecular weight is 1070 g/mol. The van der Waals surface area contributed by atoms with Gasteiger partial charge in [-0.1, -0.05) is 174 Å². The number of hydrogen-bond acceptors (Lipinski definition) is 7. The predicted octanol–water partition coefficient (Wildman–Crippen LogP) is 19.5. The van der Waals surface area contributed by atoms with Gasteiger partial charge in [-0.05, 0) is 210 Å². The van der Waals surface area contributed by atoms with Crippen molar-refractivity contribution >= 4 is 17.9 Å². The SMILES string of the molecule is CCN(CC)CCCC(=O)OCCCC12CC3CC(CCCOC(=O)CC(CC(C)CCCC(C)C)CC(C)CCCC(C)C)(C1)CC(CCCOC(=O)CC(CC(C)CCCC(C)C)CC(C)CCCC(C)C)(C3)C2. The van der Waals surface area contributed by atoms with Gasteiger partial charge < -0.3 is 19.1 Å². The standard InChI is InChI=1S/C69H129NO6/c1-15-70(16-2)37-21-33-64(71)74-38-22-34-67-47-63-48-68(50-67,35-23-39-75-65(72)45-61(41-57(11)29-17-25-53(3)4)42-58(12)30-18-26-54(5)6)52-69(49-63,51-67)36-24-40-76-66(73)46-62(43-59(13)31-19-27-55(7)8)44-60(14)32-20-28-56(9)10/h53-63H,15-52H2,1-14H3. The first kappa shape index (κ1) is 68.6. The van der Waals surface area contributed by atoms with Gasteiger partial charge in [0.05, 0.1) is 19.8 Å². The number of esters is 3. The van der Waals surface area contributed by atoms with Gasteiger partial charge in [0.2, 0.25) is 0 Å². The van der Waals surface area contributed by atoms with Gasteiger partial charge in [0.15, 0.2) is 0 Å². The Morgan fingerprint density at radius 3 is 1.01 bits per heavy atom. The second-order valence-electron chi connectivity index (χ2n) is 29.4. The van der Waals surface area contributed by atoms with E-state index in [1.54, 1.807) is 0 Å². The van der Waals surface area contributed by atoms with E-state index >= 15 is 0 Å². The topological polar surface area (TPSA) is 82.1 Å². The Hall–Kier alpha value is -1.63. The van der Waals surface area contributed by atoms with Crippen molar-refractivity contribution in [2.45, 2.75) is 302 Å². The van der Waals surface area contributed by atoms with Crippen LogP contribution in [0.2, 0.25) is 0 Å². The fourth-order valence-corrected chi connectivity index (χ4v) is 16.2. The van der Waals surface area contributed by atoms with Gasteiger partial charge in [-0.15, -0.1) is 0 Å². The Bertz CT molecular complexity index is 1420. The largest absolute Gasteiger partial charge is 0.466 e. The Kier molecular flexibility index (Phi) is 33.1. The van der Waals surface area contributed by atoms with E-state index in [1.807, 2.05) is 0 Å². The zero-order valence-corrected chi connectivity index (χ0v) is 53.1. The third kappa shape index (κ3) is 28.7. The summed E-state index contributed by atoms with van der Waals surface area (Å²) in [6.07, 6.45) is 36.0. The molecule has 446 valence electrons. The van der Waals surface area contributed by atoms with Crippen molar-refractivity contribution in [2.24, 2.45) is 81.3 Å². The van der Waals surface area contributed by atoms with E-state index in [1.165, 1.54) is 116 Å². The van der Waals surface area contributed by atoms with E-state index in [0.717, 1.165) is 114 Å². The molecule has 76 heavy (non-hydrogen) atoms. The highest BCUT2D eigenvalue weighted by atomic mass is 16.5. The molecule has 0 radical (unpaired) electrons. The summed E-state index contributed by atoms with van der Waals surface area (Å²) in [4.78, 5) is 42.7. The third-order valence-electron chi connectivity index (χ3n) is 19.3. The number of carbonyl (C=O) groups is 3. The molecule has 0 amide bonds. The van der Waals surface area contributed by atoms with Gasteiger partial charge in [0.1, 0.15) is 0 Å². The smallest absolute Gasteiger partial charge is 0.306 e. The number of nitrogens with zero attached hydrogens (tertiary/aromatic N) is 1. The highest BCUT2D eigenvalue weighted by molar-refractivity contribution is 5.70. The van der Waals surface area contributed by atoms with Crippen LogP contribution in [-0.4, -0.2) is 62.3 Å². The molecular weight excluding hydrogens is 939 g/mol. The molecular formula is C69H129NO6. The summed E-state index contributed by atoms with van der Waals surface area (Å²) in [5.41, 5.74) is 0.777. The molecule has 6 unspecified atom stereocenters. The minimum atomic E-state index is -0.0491. The van der Waals surface area contributed by atoms with Gasteiger partial charge in [0.25, 0.3) is 0 Å². The predicted molar refractivity (Wildman–Crippen MR) is 322 cm³/mol. The molecule has 0 saturated heterocycles. The number of hydrogen-bond donors (Lipinski definition) is 0. The van der Waals surface area contributed by atoms with Crippen LogP contribution in [0.25, 0.3) is 0 Å². The molecule has 4 aliphatic carbocycles. The van der Waals surface area contributed by atoms with Crippen LogP contribution < -0.4 is 0 Å². The van der Waals surface area contributed by atoms with Crippen molar-refractivity contribution in [3.8, 4) is 0 Å². The molecule has 0 spiro atoms. The van der Waals surface area contributed by atoms with E-state index < -0.39 is 0 Å². The molecule has 0 aliphatic heterocycles. The van der Waals surface area contributed by atoms with Crippen molar-refractivity contribution < 1.29 is 28.6 Å². The molecule has 7 heteroatoms. The lowest BCUT2D eigenvalue weighted by Crippen LogP contribution is -2.57. The van der Waals surface area contributed by atoms with Crippen LogP contribution in [0.3, 0.4) is 0 Å². The van der Waals surface area contributed by atoms with Crippen LogP contribution in [-0.2, 0) is 28.6 Å². The van der Waals surface area contributed by atoms with Crippen LogP contribution in [0.4, 0.5) is 0 Å². The average Bonchev–Trinajstić information content (AvgIpc) is 3.31. The number of carbonyl (C=O) groups excluding carboxylic acids is 3. The quantitative estimate of drug-likeness (QED) is 0.0341. The highest BCUT2D eigenvalue weighted by Crippen LogP contribution is 2.73. The summed E-state index contributed by atoms with van der Waals surface area (Å²) in [6.45, 7) is 37.2. The molecule has 7 nitrogen and oxygen atoms in total. The van der Waals surface area contributed by atoms with Crippen LogP contribution in [0.5, 0.6) is 0 Å². The minimum absolute atomic E-state index is 0.0166. The number of ether oxygens (including phenoxy) is 3. The van der Waals surface area contributed by atoms with E-state index in [0.29, 0.717) is 80.5 Å².